The molecule has 1 aromatic heterocycles. The van der Waals surface area contributed by atoms with Crippen LogP contribution in [0.2, 0.25) is 0 Å². The summed E-state index contributed by atoms with van der Waals surface area (Å²) in [6.45, 7) is 6.48. The summed E-state index contributed by atoms with van der Waals surface area (Å²) in [6, 6.07) is 2.05. The minimum absolute atomic E-state index is 0.0229. The molecule has 134 valence electrons. The Morgan fingerprint density at radius 1 is 1.42 bits per heavy atom. The predicted octanol–water partition coefficient (Wildman–Crippen LogP) is 0.550. The number of hydrogen-bond donors (Lipinski definition) is 1. The highest BCUT2D eigenvalue weighted by Gasteiger charge is 2.32. The molecule has 0 bridgehead atoms. The van der Waals surface area contributed by atoms with Crippen molar-refractivity contribution in [2.24, 2.45) is 5.92 Å². The normalized spacial score (nSPS) is 23.1. The average Bonchev–Trinajstić information content (AvgIpc) is 3.12. The van der Waals surface area contributed by atoms with E-state index in [1.807, 2.05) is 10.7 Å². The van der Waals surface area contributed by atoms with E-state index in [0.29, 0.717) is 13.0 Å². The lowest BCUT2D eigenvalue weighted by atomic mass is 10.1. The maximum Gasteiger partial charge on any atom is 0.224 e. The summed E-state index contributed by atoms with van der Waals surface area (Å²) in [5.74, 6) is -0.481. The minimum atomic E-state index is -3.03. The standard InChI is InChI=1S/C16H26N4O3S/c1-2-3-5-19-6-7-20-15(11-19)9-14(18-20)10-17-16(21)13-4-8-24(22,23)12-13/h9,13H,2-8,10-12H2,1H3,(H,17,21). The van der Waals surface area contributed by atoms with Gasteiger partial charge in [-0.05, 0) is 25.5 Å². The maximum absolute atomic E-state index is 12.1. The molecule has 2 aliphatic rings. The SMILES string of the molecule is CCCCN1CCn2nc(CNC(=O)C3CCS(=O)(=O)C3)cc2C1. The zero-order valence-corrected chi connectivity index (χ0v) is 15.0. The van der Waals surface area contributed by atoms with Crippen LogP contribution in [0.5, 0.6) is 0 Å². The molecular formula is C16H26N4O3S. The second kappa shape index (κ2) is 7.23. The van der Waals surface area contributed by atoms with E-state index in [-0.39, 0.29) is 17.4 Å². The molecule has 1 amide bonds. The van der Waals surface area contributed by atoms with Crippen LogP contribution in [0.3, 0.4) is 0 Å². The van der Waals surface area contributed by atoms with E-state index in [4.69, 9.17) is 0 Å². The van der Waals surface area contributed by atoms with Crippen molar-refractivity contribution in [1.29, 1.82) is 0 Å². The van der Waals surface area contributed by atoms with Crippen molar-refractivity contribution >= 4 is 15.7 Å². The van der Waals surface area contributed by atoms with Gasteiger partial charge in [0.25, 0.3) is 0 Å². The lowest BCUT2D eigenvalue weighted by Gasteiger charge is -2.27. The van der Waals surface area contributed by atoms with Gasteiger partial charge in [-0.1, -0.05) is 13.3 Å². The molecule has 1 aromatic rings. The molecule has 0 aromatic carbocycles. The summed E-state index contributed by atoms with van der Waals surface area (Å²) in [5, 5.41) is 7.39. The second-order valence-electron chi connectivity index (χ2n) is 6.80. The molecule has 1 unspecified atom stereocenters. The van der Waals surface area contributed by atoms with Gasteiger partial charge in [-0.25, -0.2) is 8.42 Å². The Bertz CT molecular complexity index is 698. The van der Waals surface area contributed by atoms with Gasteiger partial charge in [-0.2, -0.15) is 5.10 Å². The molecule has 0 saturated carbocycles. The van der Waals surface area contributed by atoms with Crippen LogP contribution in [-0.2, 0) is 34.3 Å². The van der Waals surface area contributed by atoms with Crippen molar-refractivity contribution in [2.45, 2.75) is 45.8 Å². The summed E-state index contributed by atoms with van der Waals surface area (Å²) in [4.78, 5) is 14.5. The fourth-order valence-electron chi connectivity index (χ4n) is 3.36. The van der Waals surface area contributed by atoms with Gasteiger partial charge >= 0.3 is 0 Å². The Labute approximate surface area is 143 Å². The average molecular weight is 354 g/mol. The van der Waals surface area contributed by atoms with Gasteiger partial charge in [0.05, 0.1) is 41.9 Å². The zero-order valence-electron chi connectivity index (χ0n) is 14.2. The summed E-state index contributed by atoms with van der Waals surface area (Å²) >= 11 is 0. The molecule has 1 fully saturated rings. The fraction of sp³-hybridized carbons (Fsp3) is 0.750. The fourth-order valence-corrected chi connectivity index (χ4v) is 5.10. The monoisotopic (exact) mass is 354 g/mol. The Balaban J connectivity index is 1.52. The van der Waals surface area contributed by atoms with E-state index < -0.39 is 15.8 Å². The largest absolute Gasteiger partial charge is 0.350 e. The third-order valence-electron chi connectivity index (χ3n) is 4.80. The van der Waals surface area contributed by atoms with Crippen LogP contribution >= 0.6 is 0 Å². The molecule has 8 heteroatoms. The van der Waals surface area contributed by atoms with Crippen molar-refractivity contribution in [3.05, 3.63) is 17.5 Å². The molecule has 3 rings (SSSR count). The quantitative estimate of drug-likeness (QED) is 0.806. The highest BCUT2D eigenvalue weighted by atomic mass is 32.2. The first-order valence-electron chi connectivity index (χ1n) is 8.73. The highest BCUT2D eigenvalue weighted by molar-refractivity contribution is 7.91. The van der Waals surface area contributed by atoms with Gasteiger partial charge in [-0.3, -0.25) is 14.4 Å². The number of nitrogens with zero attached hydrogens (tertiary/aromatic N) is 3. The molecule has 2 aliphatic heterocycles. The van der Waals surface area contributed by atoms with Crippen LogP contribution in [0.1, 0.15) is 37.6 Å². The topological polar surface area (TPSA) is 84.3 Å². The first-order chi connectivity index (χ1) is 11.5. The van der Waals surface area contributed by atoms with Crippen LogP contribution in [0.4, 0.5) is 0 Å². The Hall–Kier alpha value is -1.41. The van der Waals surface area contributed by atoms with Crippen molar-refractivity contribution in [1.82, 2.24) is 20.0 Å². The van der Waals surface area contributed by atoms with E-state index in [1.54, 1.807) is 0 Å². The molecule has 0 aliphatic carbocycles. The molecule has 3 heterocycles. The maximum atomic E-state index is 12.1. The van der Waals surface area contributed by atoms with Crippen LogP contribution in [-0.4, -0.2) is 53.6 Å². The highest BCUT2D eigenvalue weighted by Crippen LogP contribution is 2.19. The third-order valence-corrected chi connectivity index (χ3v) is 6.57. The number of sulfone groups is 1. The van der Waals surface area contributed by atoms with Crippen LogP contribution in [0, 0.1) is 5.92 Å². The van der Waals surface area contributed by atoms with Crippen LogP contribution in [0.25, 0.3) is 0 Å². The number of amides is 1. The van der Waals surface area contributed by atoms with E-state index in [1.165, 1.54) is 18.5 Å². The summed E-state index contributed by atoms with van der Waals surface area (Å²) < 4.78 is 24.9. The third kappa shape index (κ3) is 4.16. The van der Waals surface area contributed by atoms with Crippen molar-refractivity contribution in [2.75, 3.05) is 24.6 Å². The molecule has 1 saturated heterocycles. The molecule has 24 heavy (non-hydrogen) atoms. The Kier molecular flexibility index (Phi) is 5.24. The Morgan fingerprint density at radius 3 is 2.96 bits per heavy atom. The van der Waals surface area contributed by atoms with Crippen molar-refractivity contribution in [3.63, 3.8) is 0 Å². The van der Waals surface area contributed by atoms with E-state index in [0.717, 1.165) is 31.9 Å². The molecule has 0 radical (unpaired) electrons. The summed E-state index contributed by atoms with van der Waals surface area (Å²) in [7, 11) is -3.03. The number of fused-ring (bicyclic) bond motifs is 1. The molecule has 1 N–H and O–H groups in total. The number of carbonyl (C=O) groups is 1. The molecule has 7 nitrogen and oxygen atoms in total. The number of aromatic nitrogens is 2. The number of carbonyl (C=O) groups excluding carboxylic acids is 1. The number of hydrogen-bond acceptors (Lipinski definition) is 5. The summed E-state index contributed by atoms with van der Waals surface area (Å²) in [5.41, 5.74) is 2.03. The van der Waals surface area contributed by atoms with Crippen LogP contribution < -0.4 is 5.32 Å². The van der Waals surface area contributed by atoms with Gasteiger partial charge in [0.15, 0.2) is 9.84 Å². The molecular weight excluding hydrogens is 328 g/mol. The number of rotatable bonds is 6. The lowest BCUT2D eigenvalue weighted by molar-refractivity contribution is -0.124. The van der Waals surface area contributed by atoms with Gasteiger partial charge in [-0.15, -0.1) is 0 Å². The predicted molar refractivity (Wildman–Crippen MR) is 91.0 cm³/mol. The van der Waals surface area contributed by atoms with E-state index in [2.05, 4.69) is 22.2 Å². The van der Waals surface area contributed by atoms with Gasteiger partial charge in [0.1, 0.15) is 0 Å². The second-order valence-corrected chi connectivity index (χ2v) is 9.03. The molecule has 1 atom stereocenters. The van der Waals surface area contributed by atoms with Gasteiger partial charge < -0.3 is 5.32 Å². The minimum Gasteiger partial charge on any atom is -0.350 e. The van der Waals surface area contributed by atoms with Gasteiger partial charge in [0.2, 0.25) is 5.91 Å². The lowest BCUT2D eigenvalue weighted by Crippen LogP contribution is -2.34. The van der Waals surface area contributed by atoms with Gasteiger partial charge in [0, 0.05) is 13.1 Å². The Morgan fingerprint density at radius 2 is 2.25 bits per heavy atom. The van der Waals surface area contributed by atoms with Crippen LogP contribution in [0.15, 0.2) is 6.07 Å². The number of nitrogens with one attached hydrogen (secondary N) is 1. The summed E-state index contributed by atoms with van der Waals surface area (Å²) in [6.07, 6.45) is 2.84. The smallest absolute Gasteiger partial charge is 0.224 e. The first-order valence-corrected chi connectivity index (χ1v) is 10.5. The first kappa shape index (κ1) is 17.4. The van der Waals surface area contributed by atoms with Crippen molar-refractivity contribution < 1.29 is 13.2 Å². The molecule has 0 spiro atoms. The number of unbranched alkanes of at least 4 members (excludes halogenated alkanes) is 1. The van der Waals surface area contributed by atoms with E-state index in [9.17, 15) is 13.2 Å². The van der Waals surface area contributed by atoms with Crippen molar-refractivity contribution in [3.8, 4) is 0 Å². The van der Waals surface area contributed by atoms with E-state index >= 15 is 0 Å². The zero-order chi connectivity index (χ0) is 17.2.